The number of piperazine rings is 1. The summed E-state index contributed by atoms with van der Waals surface area (Å²) in [4.78, 5) is 25.7. The summed E-state index contributed by atoms with van der Waals surface area (Å²) in [6.45, 7) is 5.93. The van der Waals surface area contributed by atoms with Gasteiger partial charge in [0.1, 0.15) is 12.1 Å². The topological polar surface area (TPSA) is 67.9 Å². The van der Waals surface area contributed by atoms with Crippen molar-refractivity contribution < 1.29 is 19.1 Å². The van der Waals surface area contributed by atoms with Crippen LogP contribution in [0.4, 0.5) is 0 Å². The molecule has 0 aromatic heterocycles. The van der Waals surface area contributed by atoms with Crippen LogP contribution in [0.25, 0.3) is 0 Å². The van der Waals surface area contributed by atoms with Gasteiger partial charge in [-0.2, -0.15) is 0 Å². The second-order valence-electron chi connectivity index (χ2n) is 5.02. The molecule has 1 rings (SSSR count). The molecule has 20 heavy (non-hydrogen) atoms. The lowest BCUT2D eigenvalue weighted by molar-refractivity contribution is -0.149. The molecule has 1 saturated heterocycles. The molecule has 1 fully saturated rings. The summed E-state index contributed by atoms with van der Waals surface area (Å²) < 4.78 is 10.4. The molecule has 1 aliphatic heterocycles. The van der Waals surface area contributed by atoms with Crippen LogP contribution in [0.5, 0.6) is 0 Å². The summed E-state index contributed by atoms with van der Waals surface area (Å²) >= 11 is 0. The molecule has 0 aromatic rings. The van der Waals surface area contributed by atoms with Crippen LogP contribution in [0.15, 0.2) is 0 Å². The summed E-state index contributed by atoms with van der Waals surface area (Å²) in [5, 5.41) is 2.78. The molecule has 0 saturated carbocycles. The van der Waals surface area contributed by atoms with Gasteiger partial charge < -0.3 is 19.7 Å². The van der Waals surface area contributed by atoms with Crippen LogP contribution in [0.3, 0.4) is 0 Å². The number of methoxy groups -OCH3 is 1. The molecule has 0 bridgehead atoms. The predicted molar refractivity (Wildman–Crippen MR) is 75.3 cm³/mol. The first-order valence-corrected chi connectivity index (χ1v) is 7.29. The highest BCUT2D eigenvalue weighted by Crippen LogP contribution is 2.12. The third-order valence-corrected chi connectivity index (χ3v) is 3.44. The molecule has 6 nitrogen and oxygen atoms in total. The number of hydrogen-bond acceptors (Lipinski definition) is 4. The standard InChI is InChI=1S/C14H26N2O4/c1-4-6-12-14(18)16(11(2)13(17)15-12)7-10-20-9-5-8-19-3/h11-12H,4-10H2,1-3H3,(H,15,17). The zero-order valence-corrected chi connectivity index (χ0v) is 12.7. The molecule has 0 spiro atoms. The molecule has 1 N–H and O–H groups in total. The maximum atomic E-state index is 12.3. The van der Waals surface area contributed by atoms with E-state index in [-0.39, 0.29) is 17.9 Å². The van der Waals surface area contributed by atoms with Crippen molar-refractivity contribution in [1.82, 2.24) is 10.2 Å². The summed E-state index contributed by atoms with van der Waals surface area (Å²) in [5.74, 6) is -0.0816. The fourth-order valence-electron chi connectivity index (χ4n) is 2.25. The lowest BCUT2D eigenvalue weighted by atomic mass is 10.0. The average Bonchev–Trinajstić information content (AvgIpc) is 2.43. The summed E-state index contributed by atoms with van der Waals surface area (Å²) in [5.41, 5.74) is 0. The van der Waals surface area contributed by atoms with Crippen LogP contribution in [-0.4, -0.2) is 62.3 Å². The van der Waals surface area contributed by atoms with E-state index in [0.717, 1.165) is 12.8 Å². The zero-order chi connectivity index (χ0) is 15.0. The van der Waals surface area contributed by atoms with Crippen LogP contribution < -0.4 is 5.32 Å². The minimum Gasteiger partial charge on any atom is -0.385 e. The van der Waals surface area contributed by atoms with Crippen molar-refractivity contribution in [3.8, 4) is 0 Å². The summed E-state index contributed by atoms with van der Waals surface area (Å²) in [6, 6.07) is -0.796. The molecule has 1 heterocycles. The smallest absolute Gasteiger partial charge is 0.245 e. The predicted octanol–water partition coefficient (Wildman–Crippen LogP) is 0.555. The maximum Gasteiger partial charge on any atom is 0.245 e. The Balaban J connectivity index is 2.40. The van der Waals surface area contributed by atoms with Gasteiger partial charge in [-0.05, 0) is 19.8 Å². The van der Waals surface area contributed by atoms with E-state index in [2.05, 4.69) is 5.32 Å². The quantitative estimate of drug-likeness (QED) is 0.629. The van der Waals surface area contributed by atoms with Gasteiger partial charge in [0, 0.05) is 26.9 Å². The Morgan fingerprint density at radius 3 is 2.65 bits per heavy atom. The van der Waals surface area contributed by atoms with Gasteiger partial charge in [0.15, 0.2) is 0 Å². The molecule has 2 amide bonds. The van der Waals surface area contributed by atoms with Crippen LogP contribution in [0.1, 0.15) is 33.1 Å². The minimum atomic E-state index is -0.418. The minimum absolute atomic E-state index is 0.000517. The molecule has 2 atom stereocenters. The Kier molecular flexibility index (Phi) is 7.54. The van der Waals surface area contributed by atoms with Gasteiger partial charge in [-0.25, -0.2) is 0 Å². The number of hydrogen-bond donors (Lipinski definition) is 1. The summed E-state index contributed by atoms with van der Waals surface area (Å²) in [7, 11) is 1.65. The number of rotatable bonds is 9. The molecule has 0 radical (unpaired) electrons. The zero-order valence-electron chi connectivity index (χ0n) is 12.7. The van der Waals surface area contributed by atoms with E-state index in [1.807, 2.05) is 6.92 Å². The highest BCUT2D eigenvalue weighted by atomic mass is 16.5. The van der Waals surface area contributed by atoms with E-state index in [1.54, 1.807) is 18.9 Å². The Bertz CT molecular complexity index is 322. The Morgan fingerprint density at radius 1 is 1.25 bits per heavy atom. The molecular weight excluding hydrogens is 260 g/mol. The van der Waals surface area contributed by atoms with Crippen molar-refractivity contribution in [2.45, 2.75) is 45.2 Å². The molecule has 116 valence electrons. The van der Waals surface area contributed by atoms with E-state index in [1.165, 1.54) is 0 Å². The monoisotopic (exact) mass is 286 g/mol. The second kappa shape index (κ2) is 8.92. The number of carbonyl (C=O) groups excluding carboxylic acids is 2. The normalized spacial score (nSPS) is 23.1. The number of carbonyl (C=O) groups is 2. The summed E-state index contributed by atoms with van der Waals surface area (Å²) in [6.07, 6.45) is 2.38. The highest BCUT2D eigenvalue weighted by molar-refractivity contribution is 5.96. The average molecular weight is 286 g/mol. The first-order chi connectivity index (χ1) is 9.61. The fraction of sp³-hybridized carbons (Fsp3) is 0.857. The van der Waals surface area contributed by atoms with Gasteiger partial charge in [-0.15, -0.1) is 0 Å². The van der Waals surface area contributed by atoms with E-state index in [9.17, 15) is 9.59 Å². The van der Waals surface area contributed by atoms with Gasteiger partial charge in [-0.1, -0.05) is 13.3 Å². The molecule has 2 unspecified atom stereocenters. The molecule has 0 aromatic carbocycles. The third kappa shape index (κ3) is 4.76. The Morgan fingerprint density at radius 2 is 2.00 bits per heavy atom. The largest absolute Gasteiger partial charge is 0.385 e. The van der Waals surface area contributed by atoms with Crippen molar-refractivity contribution in [3.05, 3.63) is 0 Å². The molecule has 1 aliphatic rings. The van der Waals surface area contributed by atoms with Gasteiger partial charge in [0.2, 0.25) is 11.8 Å². The van der Waals surface area contributed by atoms with E-state index < -0.39 is 6.04 Å². The molecule has 0 aliphatic carbocycles. The number of ether oxygens (including phenoxy) is 2. The second-order valence-corrected chi connectivity index (χ2v) is 5.02. The lowest BCUT2D eigenvalue weighted by Crippen LogP contribution is -2.62. The third-order valence-electron chi connectivity index (χ3n) is 3.44. The van der Waals surface area contributed by atoms with Crippen molar-refractivity contribution in [2.75, 3.05) is 33.5 Å². The van der Waals surface area contributed by atoms with E-state index >= 15 is 0 Å². The fourth-order valence-corrected chi connectivity index (χ4v) is 2.25. The van der Waals surface area contributed by atoms with Crippen molar-refractivity contribution in [1.29, 1.82) is 0 Å². The number of nitrogens with one attached hydrogen (secondary N) is 1. The van der Waals surface area contributed by atoms with Crippen molar-refractivity contribution in [3.63, 3.8) is 0 Å². The molecular formula is C14H26N2O4. The van der Waals surface area contributed by atoms with Gasteiger partial charge in [-0.3, -0.25) is 9.59 Å². The van der Waals surface area contributed by atoms with Gasteiger partial charge >= 0.3 is 0 Å². The van der Waals surface area contributed by atoms with Crippen LogP contribution in [0, 0.1) is 0 Å². The van der Waals surface area contributed by atoms with Crippen LogP contribution >= 0.6 is 0 Å². The number of amides is 2. The Hall–Kier alpha value is -1.14. The van der Waals surface area contributed by atoms with E-state index in [4.69, 9.17) is 9.47 Å². The van der Waals surface area contributed by atoms with Crippen molar-refractivity contribution in [2.24, 2.45) is 0 Å². The first kappa shape index (κ1) is 16.9. The Labute approximate surface area is 120 Å². The van der Waals surface area contributed by atoms with Gasteiger partial charge in [0.25, 0.3) is 0 Å². The SMILES string of the molecule is CCCC1NC(=O)C(C)N(CCOCCCOC)C1=O. The molecule has 6 heteroatoms. The van der Waals surface area contributed by atoms with Crippen molar-refractivity contribution >= 4 is 11.8 Å². The van der Waals surface area contributed by atoms with Gasteiger partial charge in [0.05, 0.1) is 6.61 Å². The van der Waals surface area contributed by atoms with E-state index in [0.29, 0.717) is 32.8 Å². The lowest BCUT2D eigenvalue weighted by Gasteiger charge is -2.37. The number of nitrogens with zero attached hydrogens (tertiary/aromatic N) is 1. The van der Waals surface area contributed by atoms with Crippen LogP contribution in [-0.2, 0) is 19.1 Å². The first-order valence-electron chi connectivity index (χ1n) is 7.29. The maximum absolute atomic E-state index is 12.3. The highest BCUT2D eigenvalue weighted by Gasteiger charge is 2.37. The van der Waals surface area contributed by atoms with Crippen LogP contribution in [0.2, 0.25) is 0 Å².